The number of unbranched alkanes of at least 4 members (excludes halogenated alkanes) is 4. The van der Waals surface area contributed by atoms with Crippen LogP contribution in [0.3, 0.4) is 0 Å². The predicted molar refractivity (Wildman–Crippen MR) is 137 cm³/mol. The summed E-state index contributed by atoms with van der Waals surface area (Å²) in [5.74, 6) is 2.25. The number of thioether (sulfide) groups is 2. The van der Waals surface area contributed by atoms with E-state index in [-0.39, 0.29) is 0 Å². The van der Waals surface area contributed by atoms with E-state index in [1.165, 1.54) is 69.9 Å². The van der Waals surface area contributed by atoms with Crippen molar-refractivity contribution in [3.63, 3.8) is 0 Å². The van der Waals surface area contributed by atoms with Gasteiger partial charge in [0.1, 0.15) is 0 Å². The molecule has 0 N–H and O–H groups in total. The Hall–Kier alpha value is -1.64. The molecular formula is C28H34S2. The third-order valence-corrected chi connectivity index (χ3v) is 7.58. The minimum Gasteiger partial charge on any atom is -0.126 e. The quantitative estimate of drug-likeness (QED) is 0.206. The van der Waals surface area contributed by atoms with Crippen LogP contribution in [0.5, 0.6) is 0 Å². The van der Waals surface area contributed by atoms with Gasteiger partial charge in [-0.25, -0.2) is 0 Å². The molecule has 0 fully saturated rings. The number of rotatable bonds is 12. The van der Waals surface area contributed by atoms with Crippen LogP contribution in [0.15, 0.2) is 82.6 Å². The molecule has 0 saturated heterocycles. The van der Waals surface area contributed by atoms with E-state index in [1.54, 1.807) is 0 Å². The lowest BCUT2D eigenvalue weighted by Gasteiger charge is -2.07. The van der Waals surface area contributed by atoms with Gasteiger partial charge in [-0.05, 0) is 65.1 Å². The molecule has 0 saturated carbocycles. The van der Waals surface area contributed by atoms with Gasteiger partial charge in [-0.2, -0.15) is 0 Å². The highest BCUT2D eigenvalue weighted by Crippen LogP contribution is 2.28. The normalized spacial score (nSPS) is 11.0. The lowest BCUT2D eigenvalue weighted by molar-refractivity contribution is 0.659. The molecule has 0 aromatic heterocycles. The van der Waals surface area contributed by atoms with E-state index < -0.39 is 0 Å². The zero-order valence-corrected chi connectivity index (χ0v) is 20.0. The molecule has 0 amide bonds. The lowest BCUT2D eigenvalue weighted by atomic mass is 10.1. The van der Waals surface area contributed by atoms with E-state index in [4.69, 9.17) is 0 Å². The minimum absolute atomic E-state index is 1.02. The molecule has 2 heteroatoms. The van der Waals surface area contributed by atoms with Gasteiger partial charge < -0.3 is 0 Å². The van der Waals surface area contributed by atoms with Gasteiger partial charge in [-0.15, -0.1) is 23.5 Å². The van der Waals surface area contributed by atoms with Crippen LogP contribution in [0.1, 0.15) is 57.1 Å². The summed E-state index contributed by atoms with van der Waals surface area (Å²) >= 11 is 3.89. The highest BCUT2D eigenvalue weighted by molar-refractivity contribution is 7.99. The second kappa shape index (κ2) is 12.9. The predicted octanol–water partition coefficient (Wildman–Crippen LogP) is 9.27. The molecule has 3 rings (SSSR count). The molecule has 0 aliphatic carbocycles. The molecule has 0 aliphatic rings. The Morgan fingerprint density at radius 2 is 1.07 bits per heavy atom. The largest absolute Gasteiger partial charge is 0.126 e. The molecule has 0 heterocycles. The van der Waals surface area contributed by atoms with Crippen molar-refractivity contribution in [2.24, 2.45) is 0 Å². The fourth-order valence-electron chi connectivity index (χ4n) is 3.42. The Kier molecular flexibility index (Phi) is 9.92. The SMILES string of the molecule is CCCCCCCSc1ccc(-c2ccc(SCc3ccc(CC)cc3)cc2)cc1. The summed E-state index contributed by atoms with van der Waals surface area (Å²) in [7, 11) is 0. The zero-order chi connectivity index (χ0) is 21.0. The van der Waals surface area contributed by atoms with Gasteiger partial charge in [0.25, 0.3) is 0 Å². The summed E-state index contributed by atoms with van der Waals surface area (Å²) in [6.07, 6.45) is 7.88. The summed E-state index contributed by atoms with van der Waals surface area (Å²) in [5, 5.41) is 0. The number of aryl methyl sites for hydroxylation is 1. The first kappa shape index (κ1) is 23.0. The Morgan fingerprint density at radius 1 is 0.533 bits per heavy atom. The van der Waals surface area contributed by atoms with Crippen molar-refractivity contribution in [1.29, 1.82) is 0 Å². The van der Waals surface area contributed by atoms with Crippen LogP contribution in [0.2, 0.25) is 0 Å². The maximum Gasteiger partial charge on any atom is 0.0231 e. The Morgan fingerprint density at radius 3 is 1.63 bits per heavy atom. The molecule has 0 spiro atoms. The molecule has 0 atom stereocenters. The van der Waals surface area contributed by atoms with Crippen LogP contribution in [0.25, 0.3) is 11.1 Å². The van der Waals surface area contributed by atoms with Gasteiger partial charge >= 0.3 is 0 Å². The maximum absolute atomic E-state index is 2.27. The topological polar surface area (TPSA) is 0 Å². The first-order valence-electron chi connectivity index (χ1n) is 11.3. The zero-order valence-electron chi connectivity index (χ0n) is 18.4. The summed E-state index contributed by atoms with van der Waals surface area (Å²) in [6, 6.07) is 27.1. The van der Waals surface area contributed by atoms with Crippen LogP contribution in [-0.2, 0) is 12.2 Å². The number of hydrogen-bond donors (Lipinski definition) is 0. The maximum atomic E-state index is 2.27. The molecule has 30 heavy (non-hydrogen) atoms. The smallest absolute Gasteiger partial charge is 0.0231 e. The van der Waals surface area contributed by atoms with Crippen molar-refractivity contribution >= 4 is 23.5 Å². The highest BCUT2D eigenvalue weighted by Gasteiger charge is 2.02. The van der Waals surface area contributed by atoms with E-state index in [2.05, 4.69) is 86.6 Å². The molecule has 0 bridgehead atoms. The minimum atomic E-state index is 1.02. The van der Waals surface area contributed by atoms with Gasteiger partial charge in [0, 0.05) is 15.5 Å². The van der Waals surface area contributed by atoms with Crippen LogP contribution in [0.4, 0.5) is 0 Å². The fraction of sp³-hybridized carbons (Fsp3) is 0.357. The van der Waals surface area contributed by atoms with Crippen molar-refractivity contribution in [1.82, 2.24) is 0 Å². The first-order valence-corrected chi connectivity index (χ1v) is 13.3. The number of benzene rings is 3. The van der Waals surface area contributed by atoms with Crippen molar-refractivity contribution < 1.29 is 0 Å². The summed E-state index contributed by atoms with van der Waals surface area (Å²) < 4.78 is 0. The molecule has 3 aromatic rings. The second-order valence-electron chi connectivity index (χ2n) is 7.77. The third-order valence-electron chi connectivity index (χ3n) is 5.40. The summed E-state index contributed by atoms with van der Waals surface area (Å²) in [4.78, 5) is 2.71. The van der Waals surface area contributed by atoms with Crippen LogP contribution in [0, 0.1) is 0 Å². The molecule has 0 unspecified atom stereocenters. The Balaban J connectivity index is 1.46. The summed E-state index contributed by atoms with van der Waals surface area (Å²) in [5.41, 5.74) is 5.39. The Labute approximate surface area is 191 Å². The lowest BCUT2D eigenvalue weighted by Crippen LogP contribution is -1.84. The van der Waals surface area contributed by atoms with E-state index in [1.807, 2.05) is 23.5 Å². The van der Waals surface area contributed by atoms with E-state index in [0.29, 0.717) is 0 Å². The van der Waals surface area contributed by atoms with Crippen LogP contribution < -0.4 is 0 Å². The van der Waals surface area contributed by atoms with Gasteiger partial charge in [0.15, 0.2) is 0 Å². The molecule has 0 nitrogen and oxygen atoms in total. The van der Waals surface area contributed by atoms with Gasteiger partial charge in [0.05, 0.1) is 0 Å². The third kappa shape index (κ3) is 7.56. The van der Waals surface area contributed by atoms with Gasteiger partial charge in [-0.3, -0.25) is 0 Å². The van der Waals surface area contributed by atoms with E-state index >= 15 is 0 Å². The molecule has 0 aliphatic heterocycles. The highest BCUT2D eigenvalue weighted by atomic mass is 32.2. The fourth-order valence-corrected chi connectivity index (χ4v) is 5.19. The van der Waals surface area contributed by atoms with Crippen LogP contribution in [-0.4, -0.2) is 5.75 Å². The van der Waals surface area contributed by atoms with E-state index in [0.717, 1.165) is 12.2 Å². The second-order valence-corrected chi connectivity index (χ2v) is 9.99. The molecule has 0 radical (unpaired) electrons. The Bertz CT molecular complexity index is 849. The standard InChI is InChI=1S/C28H34S2/c1-3-5-6-7-8-21-29-27-17-13-25(14-18-27)26-15-19-28(20-16-26)30-22-24-11-9-23(4-2)10-12-24/h9-20H,3-8,21-22H2,1-2H3. The van der Waals surface area contributed by atoms with Crippen molar-refractivity contribution in [3.8, 4) is 11.1 Å². The average molecular weight is 435 g/mol. The van der Waals surface area contributed by atoms with Crippen molar-refractivity contribution in [2.75, 3.05) is 5.75 Å². The molecular weight excluding hydrogens is 400 g/mol. The van der Waals surface area contributed by atoms with Crippen molar-refractivity contribution in [3.05, 3.63) is 83.9 Å². The first-order chi connectivity index (χ1) is 14.8. The number of hydrogen-bond acceptors (Lipinski definition) is 2. The van der Waals surface area contributed by atoms with Crippen molar-refractivity contribution in [2.45, 2.75) is 67.9 Å². The van der Waals surface area contributed by atoms with Crippen LogP contribution >= 0.6 is 23.5 Å². The molecule has 158 valence electrons. The molecule has 3 aromatic carbocycles. The van der Waals surface area contributed by atoms with Gasteiger partial charge in [0.2, 0.25) is 0 Å². The average Bonchev–Trinajstić information content (AvgIpc) is 2.81. The van der Waals surface area contributed by atoms with E-state index in [9.17, 15) is 0 Å². The monoisotopic (exact) mass is 434 g/mol. The summed E-state index contributed by atoms with van der Waals surface area (Å²) in [6.45, 7) is 4.47. The van der Waals surface area contributed by atoms with Gasteiger partial charge in [-0.1, -0.05) is 88.1 Å².